The van der Waals surface area contributed by atoms with E-state index in [-0.39, 0.29) is 11.6 Å². The van der Waals surface area contributed by atoms with Gasteiger partial charge in [0.2, 0.25) is 5.89 Å². The molecule has 0 aromatic carbocycles. The van der Waals surface area contributed by atoms with Crippen LogP contribution >= 0.6 is 11.3 Å². The lowest BCUT2D eigenvalue weighted by Crippen LogP contribution is -2.31. The second-order valence-electron chi connectivity index (χ2n) is 6.59. The maximum absolute atomic E-state index is 12.8. The first-order valence-corrected chi connectivity index (χ1v) is 9.93. The first-order chi connectivity index (χ1) is 12.7. The van der Waals surface area contributed by atoms with E-state index in [1.54, 1.807) is 15.9 Å². The normalized spacial score (nSPS) is 17.7. The highest BCUT2D eigenvalue weighted by molar-refractivity contribution is 7.13. The third kappa shape index (κ3) is 3.14. The van der Waals surface area contributed by atoms with Gasteiger partial charge in [0.25, 0.3) is 0 Å². The van der Waals surface area contributed by atoms with Crippen molar-refractivity contribution in [3.05, 3.63) is 45.3 Å². The highest BCUT2D eigenvalue weighted by Gasteiger charge is 2.24. The van der Waals surface area contributed by atoms with Crippen LogP contribution in [0.15, 0.2) is 26.7 Å². The van der Waals surface area contributed by atoms with Gasteiger partial charge < -0.3 is 9.73 Å². The van der Waals surface area contributed by atoms with Gasteiger partial charge in [0, 0.05) is 19.0 Å². The molecule has 0 saturated carbocycles. The molecule has 8 heteroatoms. The predicted molar refractivity (Wildman–Crippen MR) is 101 cm³/mol. The summed E-state index contributed by atoms with van der Waals surface area (Å²) >= 11 is 1.59. The topological polar surface area (TPSA) is 77.9 Å². The van der Waals surface area contributed by atoms with Crippen LogP contribution in [0.1, 0.15) is 43.0 Å². The van der Waals surface area contributed by atoms with Crippen LogP contribution in [-0.2, 0) is 13.1 Å². The Labute approximate surface area is 155 Å². The second kappa shape index (κ2) is 7.20. The summed E-state index contributed by atoms with van der Waals surface area (Å²) in [5, 5.41) is 10.1. The maximum Gasteiger partial charge on any atom is 0.346 e. The summed E-state index contributed by atoms with van der Waals surface area (Å²) in [4.78, 5) is 18.4. The Morgan fingerprint density at radius 2 is 2.35 bits per heavy atom. The molecular weight excluding hydrogens is 350 g/mol. The monoisotopic (exact) mass is 373 g/mol. The molecule has 1 aliphatic heterocycles. The van der Waals surface area contributed by atoms with Gasteiger partial charge in [-0.3, -0.25) is 4.57 Å². The summed E-state index contributed by atoms with van der Waals surface area (Å²) in [6.07, 6.45) is 2.18. The third-order valence-corrected chi connectivity index (χ3v) is 5.71. The van der Waals surface area contributed by atoms with Crippen molar-refractivity contribution in [2.45, 2.75) is 45.7 Å². The molecule has 1 atom stereocenters. The van der Waals surface area contributed by atoms with Crippen LogP contribution in [-0.4, -0.2) is 32.4 Å². The fourth-order valence-corrected chi connectivity index (χ4v) is 4.10. The maximum atomic E-state index is 12.8. The van der Waals surface area contributed by atoms with Crippen LogP contribution < -0.4 is 11.0 Å². The molecule has 1 N–H and O–H groups in total. The molecule has 0 radical (unpaired) electrons. The fraction of sp³-hybridized carbons (Fsp3) is 0.500. The number of hydrogen-bond donors (Lipinski definition) is 1. The lowest BCUT2D eigenvalue weighted by Gasteiger charge is -2.21. The largest absolute Gasteiger partial charge is 0.440 e. The average molecular weight is 373 g/mol. The van der Waals surface area contributed by atoms with Gasteiger partial charge in [-0.1, -0.05) is 6.07 Å². The predicted octanol–water partition coefficient (Wildman–Crippen LogP) is 2.60. The zero-order valence-corrected chi connectivity index (χ0v) is 15.9. The second-order valence-corrected chi connectivity index (χ2v) is 7.53. The summed E-state index contributed by atoms with van der Waals surface area (Å²) in [5.41, 5.74) is 0.678. The van der Waals surface area contributed by atoms with E-state index in [4.69, 9.17) is 4.42 Å². The molecule has 3 aromatic rings. The van der Waals surface area contributed by atoms with Gasteiger partial charge in [-0.25, -0.2) is 14.5 Å². The molecule has 7 nitrogen and oxygen atoms in total. The van der Waals surface area contributed by atoms with Crippen LogP contribution in [0.4, 0.5) is 0 Å². The zero-order valence-electron chi connectivity index (χ0n) is 15.1. The van der Waals surface area contributed by atoms with E-state index < -0.39 is 0 Å². The number of nitrogens with zero attached hydrogens (tertiary/aromatic N) is 4. The molecule has 138 valence electrons. The molecule has 0 amide bonds. The van der Waals surface area contributed by atoms with E-state index >= 15 is 0 Å². The Morgan fingerprint density at radius 1 is 1.46 bits per heavy atom. The molecule has 26 heavy (non-hydrogen) atoms. The lowest BCUT2D eigenvalue weighted by atomic mass is 9.99. The molecule has 4 rings (SSSR count). The van der Waals surface area contributed by atoms with Crippen LogP contribution in [0.25, 0.3) is 10.8 Å². The Kier molecular flexibility index (Phi) is 4.78. The van der Waals surface area contributed by atoms with Gasteiger partial charge in [0.15, 0.2) is 0 Å². The van der Waals surface area contributed by atoms with E-state index in [9.17, 15) is 4.79 Å². The molecule has 1 aliphatic rings. The molecule has 0 bridgehead atoms. The fourth-order valence-electron chi connectivity index (χ4n) is 3.45. The summed E-state index contributed by atoms with van der Waals surface area (Å²) in [6, 6.07) is 3.95. The number of piperidine rings is 1. The highest BCUT2D eigenvalue weighted by Crippen LogP contribution is 2.26. The minimum Gasteiger partial charge on any atom is -0.440 e. The molecule has 1 saturated heterocycles. The smallest absolute Gasteiger partial charge is 0.346 e. The van der Waals surface area contributed by atoms with Crippen molar-refractivity contribution in [3.63, 3.8) is 0 Å². The van der Waals surface area contributed by atoms with E-state index in [0.717, 1.165) is 48.1 Å². The number of nitrogens with one attached hydrogen (secondary N) is 1. The molecule has 1 fully saturated rings. The first kappa shape index (κ1) is 17.2. The Bertz CT molecular complexity index is 932. The minimum atomic E-state index is -0.0758. The zero-order chi connectivity index (χ0) is 18.1. The van der Waals surface area contributed by atoms with Crippen molar-refractivity contribution in [3.8, 4) is 10.8 Å². The summed E-state index contributed by atoms with van der Waals surface area (Å²) in [5.74, 6) is 2.50. The van der Waals surface area contributed by atoms with Crippen LogP contribution in [0.2, 0.25) is 0 Å². The van der Waals surface area contributed by atoms with Crippen LogP contribution in [0.5, 0.6) is 0 Å². The summed E-state index contributed by atoms with van der Waals surface area (Å²) in [6.45, 7) is 6.75. The van der Waals surface area contributed by atoms with Gasteiger partial charge in [-0.2, -0.15) is 5.10 Å². The van der Waals surface area contributed by atoms with Gasteiger partial charge in [0.05, 0.1) is 11.4 Å². The van der Waals surface area contributed by atoms with Crippen molar-refractivity contribution in [1.29, 1.82) is 0 Å². The SMILES string of the molecule is CCn1c([C@@H]2CCCNC2)nn(Cc2nc(-c3cccs3)oc2C)c1=O. The number of aryl methyl sites for hydroxylation is 1. The number of oxazole rings is 1. The van der Waals surface area contributed by atoms with E-state index in [1.807, 2.05) is 31.4 Å². The quantitative estimate of drug-likeness (QED) is 0.744. The number of aromatic nitrogens is 4. The van der Waals surface area contributed by atoms with E-state index in [0.29, 0.717) is 19.0 Å². The first-order valence-electron chi connectivity index (χ1n) is 9.05. The van der Waals surface area contributed by atoms with Crippen molar-refractivity contribution >= 4 is 11.3 Å². The van der Waals surface area contributed by atoms with Crippen LogP contribution in [0.3, 0.4) is 0 Å². The lowest BCUT2D eigenvalue weighted by molar-refractivity contribution is 0.431. The summed E-state index contributed by atoms with van der Waals surface area (Å²) < 4.78 is 9.10. The highest BCUT2D eigenvalue weighted by atomic mass is 32.1. The van der Waals surface area contributed by atoms with E-state index in [1.165, 1.54) is 4.68 Å². The van der Waals surface area contributed by atoms with Crippen molar-refractivity contribution in [1.82, 2.24) is 24.6 Å². The van der Waals surface area contributed by atoms with Gasteiger partial charge in [0.1, 0.15) is 17.3 Å². The van der Waals surface area contributed by atoms with Crippen molar-refractivity contribution < 1.29 is 4.42 Å². The number of hydrogen-bond acceptors (Lipinski definition) is 6. The molecule has 0 unspecified atom stereocenters. The third-order valence-electron chi connectivity index (χ3n) is 4.85. The standard InChI is InChI=1S/C18H23N5O2S/c1-3-22-16(13-6-4-8-19-10-13)21-23(18(22)24)11-14-12(2)25-17(20-14)15-7-5-9-26-15/h5,7,9,13,19H,3-4,6,8,10-11H2,1-2H3/t13-/m1/s1. The Morgan fingerprint density at radius 3 is 3.04 bits per heavy atom. The molecule has 3 aromatic heterocycles. The van der Waals surface area contributed by atoms with E-state index in [2.05, 4.69) is 15.4 Å². The molecule has 4 heterocycles. The number of thiophene rings is 1. The van der Waals surface area contributed by atoms with Crippen molar-refractivity contribution in [2.24, 2.45) is 0 Å². The van der Waals surface area contributed by atoms with Gasteiger partial charge >= 0.3 is 5.69 Å². The van der Waals surface area contributed by atoms with Crippen molar-refractivity contribution in [2.75, 3.05) is 13.1 Å². The van der Waals surface area contributed by atoms with Crippen LogP contribution in [0, 0.1) is 6.92 Å². The average Bonchev–Trinajstić information content (AvgIpc) is 3.37. The Hall–Kier alpha value is -2.19. The van der Waals surface area contributed by atoms with Gasteiger partial charge in [-0.15, -0.1) is 11.3 Å². The number of rotatable bonds is 5. The molecule has 0 spiro atoms. The van der Waals surface area contributed by atoms with Gasteiger partial charge in [-0.05, 0) is 44.7 Å². The molecular formula is C18H23N5O2S. The molecule has 0 aliphatic carbocycles. The summed E-state index contributed by atoms with van der Waals surface area (Å²) in [7, 11) is 0. The Balaban J connectivity index is 1.64. The minimum absolute atomic E-state index is 0.0758.